The third-order valence-corrected chi connectivity index (χ3v) is 4.41. The number of hydrogen-bond donors (Lipinski definition) is 0. The van der Waals surface area contributed by atoms with Crippen molar-refractivity contribution in [2.75, 3.05) is 20.2 Å². The topological polar surface area (TPSA) is 63.7 Å². The minimum atomic E-state index is -0.312. The van der Waals surface area contributed by atoms with Gasteiger partial charge in [0.25, 0.3) is 0 Å². The zero-order chi connectivity index (χ0) is 16.3. The average molecular weight is 307 g/mol. The Balaban J connectivity index is 2.30. The molecule has 0 radical (unpaired) electrons. The van der Waals surface area contributed by atoms with Crippen LogP contribution in [0.4, 0.5) is 0 Å². The summed E-state index contributed by atoms with van der Waals surface area (Å²) in [6.45, 7) is 5.60. The van der Waals surface area contributed by atoms with Crippen LogP contribution in [0.15, 0.2) is 11.3 Å². The van der Waals surface area contributed by atoms with Crippen LogP contribution in [-0.4, -0.2) is 42.6 Å². The van der Waals surface area contributed by atoms with E-state index < -0.39 is 0 Å². The van der Waals surface area contributed by atoms with Gasteiger partial charge in [0.05, 0.1) is 19.1 Å². The van der Waals surface area contributed by atoms with E-state index in [1.807, 2.05) is 13.8 Å². The van der Waals surface area contributed by atoms with Gasteiger partial charge in [-0.15, -0.1) is 0 Å². The lowest BCUT2D eigenvalue weighted by Crippen LogP contribution is -2.35. The van der Waals surface area contributed by atoms with Gasteiger partial charge in [-0.1, -0.05) is 13.8 Å². The lowest BCUT2D eigenvalue weighted by Gasteiger charge is -2.32. The molecule has 0 aromatic rings. The molecule has 0 spiro atoms. The summed E-state index contributed by atoms with van der Waals surface area (Å²) in [5, 5.41) is 0. The molecule has 1 aliphatic carbocycles. The fourth-order valence-corrected chi connectivity index (χ4v) is 3.34. The Hall–Kier alpha value is -1.65. The molecule has 5 nitrogen and oxygen atoms in total. The quantitative estimate of drug-likeness (QED) is 0.453. The van der Waals surface area contributed by atoms with Gasteiger partial charge in [0, 0.05) is 31.6 Å². The predicted octanol–water partition coefficient (Wildman–Crippen LogP) is 2.25. The van der Waals surface area contributed by atoms with E-state index in [9.17, 15) is 14.4 Å². The van der Waals surface area contributed by atoms with Crippen molar-refractivity contribution in [2.45, 2.75) is 52.4 Å². The van der Waals surface area contributed by atoms with Crippen LogP contribution >= 0.6 is 0 Å². The van der Waals surface area contributed by atoms with E-state index in [1.165, 1.54) is 7.11 Å². The van der Waals surface area contributed by atoms with Crippen LogP contribution in [-0.2, 0) is 19.1 Å². The summed E-state index contributed by atoms with van der Waals surface area (Å²) in [6.07, 6.45) is 3.51. The van der Waals surface area contributed by atoms with Gasteiger partial charge in [0.1, 0.15) is 0 Å². The number of rotatable bonds is 4. The largest absolute Gasteiger partial charge is 0.469 e. The van der Waals surface area contributed by atoms with Gasteiger partial charge < -0.3 is 9.64 Å². The average Bonchev–Trinajstić information content (AvgIpc) is 2.93. The lowest BCUT2D eigenvalue weighted by molar-refractivity contribution is -0.140. The summed E-state index contributed by atoms with van der Waals surface area (Å²) in [6, 6.07) is 0. The Morgan fingerprint density at radius 2 is 1.64 bits per heavy atom. The lowest BCUT2D eigenvalue weighted by atomic mass is 9.73. The van der Waals surface area contributed by atoms with Crippen molar-refractivity contribution in [1.82, 2.24) is 4.90 Å². The maximum absolute atomic E-state index is 12.5. The maximum atomic E-state index is 12.5. The summed E-state index contributed by atoms with van der Waals surface area (Å²) in [4.78, 5) is 38.6. The molecule has 0 bridgehead atoms. The molecule has 2 fully saturated rings. The zero-order valence-electron chi connectivity index (χ0n) is 13.7. The van der Waals surface area contributed by atoms with Crippen molar-refractivity contribution in [3.05, 3.63) is 11.3 Å². The third-order valence-electron chi connectivity index (χ3n) is 4.41. The first-order valence-electron chi connectivity index (χ1n) is 7.95. The van der Waals surface area contributed by atoms with Gasteiger partial charge in [0.2, 0.25) is 0 Å². The highest BCUT2D eigenvalue weighted by Gasteiger charge is 2.38. The highest BCUT2D eigenvalue weighted by molar-refractivity contribution is 6.22. The van der Waals surface area contributed by atoms with Gasteiger partial charge >= 0.3 is 5.97 Å². The molecular formula is C17H25NO4. The van der Waals surface area contributed by atoms with E-state index in [4.69, 9.17) is 0 Å². The smallest absolute Gasteiger partial charge is 0.305 e. The van der Waals surface area contributed by atoms with Gasteiger partial charge in [0.15, 0.2) is 11.6 Å². The standard InChI is InChI=1S/C17H25NO4/c1-17(2)10-13(19)16(14(20)11-17)12(6-7-15(21)22-3)18-8-4-5-9-18/h4-11H2,1-3H3. The molecule has 1 aliphatic heterocycles. The SMILES string of the molecule is COC(=O)CCC(=C1C(=O)CC(C)(C)CC1=O)N1CCCC1. The second kappa shape index (κ2) is 6.63. The number of carbonyl (C=O) groups is 3. The zero-order valence-corrected chi connectivity index (χ0v) is 13.7. The van der Waals surface area contributed by atoms with E-state index >= 15 is 0 Å². The molecular weight excluding hydrogens is 282 g/mol. The van der Waals surface area contributed by atoms with Crippen molar-refractivity contribution >= 4 is 17.5 Å². The molecule has 1 heterocycles. The van der Waals surface area contributed by atoms with E-state index in [-0.39, 0.29) is 29.4 Å². The number of hydrogen-bond acceptors (Lipinski definition) is 5. The van der Waals surface area contributed by atoms with Crippen LogP contribution in [0.3, 0.4) is 0 Å². The van der Waals surface area contributed by atoms with Gasteiger partial charge in [-0.2, -0.15) is 0 Å². The van der Waals surface area contributed by atoms with Crippen LogP contribution in [0.5, 0.6) is 0 Å². The number of carbonyl (C=O) groups excluding carboxylic acids is 3. The number of allylic oxidation sites excluding steroid dienone is 2. The number of methoxy groups -OCH3 is 1. The van der Waals surface area contributed by atoms with Crippen LogP contribution in [0.1, 0.15) is 52.4 Å². The van der Waals surface area contributed by atoms with Gasteiger partial charge in [-0.05, 0) is 24.7 Å². The molecule has 0 N–H and O–H groups in total. The van der Waals surface area contributed by atoms with Gasteiger partial charge in [-0.3, -0.25) is 14.4 Å². The number of likely N-dealkylation sites (tertiary alicyclic amines) is 1. The summed E-state index contributed by atoms with van der Waals surface area (Å²) in [5.41, 5.74) is 0.828. The minimum absolute atomic E-state index is 0.0759. The second-order valence-corrected chi connectivity index (χ2v) is 6.96. The Labute approximate surface area is 131 Å². The van der Waals surface area contributed by atoms with Crippen molar-refractivity contribution in [3.8, 4) is 0 Å². The molecule has 0 amide bonds. The minimum Gasteiger partial charge on any atom is -0.469 e. The molecule has 0 atom stereocenters. The van der Waals surface area contributed by atoms with E-state index in [0.29, 0.717) is 24.8 Å². The second-order valence-electron chi connectivity index (χ2n) is 6.96. The van der Waals surface area contributed by atoms with Gasteiger partial charge in [-0.25, -0.2) is 0 Å². The Morgan fingerprint density at radius 1 is 1.09 bits per heavy atom. The fraction of sp³-hybridized carbons (Fsp3) is 0.706. The van der Waals surface area contributed by atoms with Crippen molar-refractivity contribution in [1.29, 1.82) is 0 Å². The fourth-order valence-electron chi connectivity index (χ4n) is 3.34. The molecule has 1 saturated heterocycles. The first kappa shape index (κ1) is 16.7. The third kappa shape index (κ3) is 3.76. The van der Waals surface area contributed by atoms with Crippen LogP contribution < -0.4 is 0 Å². The Bertz CT molecular complexity index is 491. The summed E-state index contributed by atoms with van der Waals surface area (Å²) in [5.74, 6) is -0.464. The molecule has 1 saturated carbocycles. The highest BCUT2D eigenvalue weighted by Crippen LogP contribution is 2.36. The molecule has 0 aromatic heterocycles. The van der Waals surface area contributed by atoms with Crippen molar-refractivity contribution in [3.63, 3.8) is 0 Å². The van der Waals surface area contributed by atoms with Crippen molar-refractivity contribution < 1.29 is 19.1 Å². The Morgan fingerprint density at radius 3 is 2.14 bits per heavy atom. The first-order valence-corrected chi connectivity index (χ1v) is 7.95. The molecule has 0 unspecified atom stereocenters. The molecule has 5 heteroatoms. The van der Waals surface area contributed by atoms with Crippen molar-refractivity contribution in [2.24, 2.45) is 5.41 Å². The monoisotopic (exact) mass is 307 g/mol. The van der Waals surface area contributed by atoms with Crippen LogP contribution in [0.2, 0.25) is 0 Å². The normalized spacial score (nSPS) is 21.2. The van der Waals surface area contributed by atoms with E-state index in [2.05, 4.69) is 9.64 Å². The number of ketones is 2. The van der Waals surface area contributed by atoms with Crippen LogP contribution in [0.25, 0.3) is 0 Å². The molecule has 22 heavy (non-hydrogen) atoms. The number of ether oxygens (including phenoxy) is 1. The number of esters is 1. The first-order chi connectivity index (χ1) is 10.3. The molecule has 122 valence electrons. The number of Topliss-reactive ketones (excluding diaryl/α,β-unsaturated/α-hetero) is 2. The maximum Gasteiger partial charge on any atom is 0.305 e. The molecule has 2 aliphatic rings. The molecule has 0 aromatic carbocycles. The van der Waals surface area contributed by atoms with E-state index in [0.717, 1.165) is 31.6 Å². The summed E-state index contributed by atoms with van der Waals surface area (Å²) >= 11 is 0. The Kier molecular flexibility index (Phi) is 5.04. The van der Waals surface area contributed by atoms with Crippen LogP contribution in [0, 0.1) is 5.41 Å². The predicted molar refractivity (Wildman–Crippen MR) is 82.1 cm³/mol. The number of nitrogens with zero attached hydrogens (tertiary/aromatic N) is 1. The highest BCUT2D eigenvalue weighted by atomic mass is 16.5. The molecule has 2 rings (SSSR count). The summed E-state index contributed by atoms with van der Waals surface area (Å²) < 4.78 is 4.69. The van der Waals surface area contributed by atoms with E-state index in [1.54, 1.807) is 0 Å². The summed E-state index contributed by atoms with van der Waals surface area (Å²) in [7, 11) is 1.35.